The maximum atomic E-state index is 6.31. The monoisotopic (exact) mass is 348 g/mol. The summed E-state index contributed by atoms with van der Waals surface area (Å²) in [6.45, 7) is 0.830. The minimum absolute atomic E-state index is 0.636. The quantitative estimate of drug-likeness (QED) is 0.604. The smallest absolute Gasteiger partial charge is 0.0727 e. The molecule has 0 amide bonds. The van der Waals surface area contributed by atoms with Crippen molar-refractivity contribution in [2.75, 3.05) is 5.32 Å². The SMILES string of the molecule is Clc1ccc2nc3c(c(NCc4ccccc4)c2c1)C1CCC3CC1. The van der Waals surface area contributed by atoms with E-state index in [1.54, 1.807) is 0 Å². The zero-order valence-electron chi connectivity index (χ0n) is 14.1. The highest BCUT2D eigenvalue weighted by atomic mass is 35.5. The number of nitrogens with one attached hydrogen (secondary N) is 1. The maximum Gasteiger partial charge on any atom is 0.0727 e. The van der Waals surface area contributed by atoms with Crippen LogP contribution in [0.5, 0.6) is 0 Å². The van der Waals surface area contributed by atoms with Crippen molar-refractivity contribution in [2.45, 2.75) is 44.1 Å². The Bertz CT molecular complexity index is 928. The van der Waals surface area contributed by atoms with Crippen LogP contribution in [0.15, 0.2) is 48.5 Å². The molecule has 3 aliphatic rings. The van der Waals surface area contributed by atoms with Crippen molar-refractivity contribution in [3.63, 3.8) is 0 Å². The van der Waals surface area contributed by atoms with Crippen molar-refractivity contribution in [1.29, 1.82) is 0 Å². The number of pyridine rings is 1. The highest BCUT2D eigenvalue weighted by molar-refractivity contribution is 6.31. The standard InChI is InChI=1S/C22H21ClN2/c23-17-10-11-19-18(12-17)22(24-13-14-4-2-1-3-5-14)20-15-6-8-16(9-7-15)21(20)25-19/h1-5,10-12,15-16H,6-9,13H2,(H,24,25). The van der Waals surface area contributed by atoms with E-state index in [0.717, 1.165) is 22.5 Å². The lowest BCUT2D eigenvalue weighted by molar-refractivity contribution is 0.353. The Kier molecular flexibility index (Phi) is 3.67. The first-order chi connectivity index (χ1) is 12.3. The number of anilines is 1. The molecular weight excluding hydrogens is 328 g/mol. The average molecular weight is 349 g/mol. The molecule has 1 N–H and O–H groups in total. The molecule has 0 radical (unpaired) electrons. The number of nitrogens with zero attached hydrogens (tertiary/aromatic N) is 1. The second-order valence-corrected chi connectivity index (χ2v) is 7.77. The Morgan fingerprint density at radius 2 is 1.72 bits per heavy atom. The van der Waals surface area contributed by atoms with Crippen molar-refractivity contribution in [1.82, 2.24) is 4.98 Å². The largest absolute Gasteiger partial charge is 0.380 e. The minimum Gasteiger partial charge on any atom is -0.380 e. The molecule has 3 aromatic rings. The second-order valence-electron chi connectivity index (χ2n) is 7.33. The summed E-state index contributed by atoms with van der Waals surface area (Å²) in [5, 5.41) is 5.68. The average Bonchev–Trinajstić information content (AvgIpc) is 2.67. The van der Waals surface area contributed by atoms with Crippen molar-refractivity contribution < 1.29 is 0 Å². The van der Waals surface area contributed by atoms with E-state index in [1.807, 2.05) is 6.07 Å². The van der Waals surface area contributed by atoms with Gasteiger partial charge in [-0.05, 0) is 55.4 Å². The fourth-order valence-corrected chi connectivity index (χ4v) is 4.80. The molecule has 2 nitrogen and oxygen atoms in total. The van der Waals surface area contributed by atoms with E-state index < -0.39 is 0 Å². The zero-order valence-corrected chi connectivity index (χ0v) is 14.9. The van der Waals surface area contributed by atoms with Crippen molar-refractivity contribution >= 4 is 28.2 Å². The molecule has 1 heterocycles. The molecule has 0 unspecified atom stereocenters. The van der Waals surface area contributed by atoms with E-state index in [1.165, 1.54) is 48.2 Å². The number of rotatable bonds is 3. The summed E-state index contributed by atoms with van der Waals surface area (Å²) < 4.78 is 0. The van der Waals surface area contributed by atoms with Gasteiger partial charge in [0.05, 0.1) is 5.52 Å². The highest BCUT2D eigenvalue weighted by Gasteiger charge is 2.36. The first kappa shape index (κ1) is 15.2. The third-order valence-corrected chi connectivity index (χ3v) is 6.08. The number of fused-ring (bicyclic) bond motifs is 3. The molecule has 1 saturated carbocycles. The Hall–Kier alpha value is -2.06. The summed E-state index contributed by atoms with van der Waals surface area (Å²) in [5.41, 5.74) is 6.43. The first-order valence-corrected chi connectivity index (χ1v) is 9.58. The Balaban J connectivity index is 1.66. The van der Waals surface area contributed by atoms with Crippen LogP contribution in [0.25, 0.3) is 10.9 Å². The summed E-state index contributed by atoms with van der Waals surface area (Å²) in [4.78, 5) is 5.06. The van der Waals surface area contributed by atoms with E-state index in [0.29, 0.717) is 11.8 Å². The third kappa shape index (κ3) is 2.60. The lowest BCUT2D eigenvalue weighted by Gasteiger charge is -2.39. The molecule has 2 aromatic carbocycles. The van der Waals surface area contributed by atoms with E-state index in [4.69, 9.17) is 16.6 Å². The number of hydrogen-bond donors (Lipinski definition) is 1. The van der Waals surface area contributed by atoms with Crippen LogP contribution in [0.3, 0.4) is 0 Å². The van der Waals surface area contributed by atoms with Crippen LogP contribution in [-0.4, -0.2) is 4.98 Å². The van der Waals surface area contributed by atoms with Crippen LogP contribution >= 0.6 is 11.6 Å². The number of halogens is 1. The lowest BCUT2D eigenvalue weighted by Crippen LogP contribution is -2.24. The molecule has 2 bridgehead atoms. The molecule has 126 valence electrons. The van der Waals surface area contributed by atoms with E-state index in [9.17, 15) is 0 Å². The molecule has 0 saturated heterocycles. The summed E-state index contributed by atoms with van der Waals surface area (Å²) in [5.74, 6) is 1.28. The van der Waals surface area contributed by atoms with Gasteiger partial charge in [-0.25, -0.2) is 0 Å². The number of aromatic nitrogens is 1. The fourth-order valence-electron chi connectivity index (χ4n) is 4.63. The Labute approximate surface area is 153 Å². The van der Waals surface area contributed by atoms with Gasteiger partial charge >= 0.3 is 0 Å². The topological polar surface area (TPSA) is 24.9 Å². The Morgan fingerprint density at radius 3 is 2.52 bits per heavy atom. The van der Waals surface area contributed by atoms with Crippen LogP contribution in [-0.2, 0) is 6.54 Å². The van der Waals surface area contributed by atoms with E-state index >= 15 is 0 Å². The van der Waals surface area contributed by atoms with Crippen LogP contribution in [0.2, 0.25) is 5.02 Å². The molecule has 1 aromatic heterocycles. The van der Waals surface area contributed by atoms with Gasteiger partial charge in [0.2, 0.25) is 0 Å². The molecule has 3 aliphatic carbocycles. The van der Waals surface area contributed by atoms with Crippen molar-refractivity contribution in [3.8, 4) is 0 Å². The number of benzene rings is 2. The maximum absolute atomic E-state index is 6.31. The normalized spacial score (nSPS) is 21.3. The van der Waals surface area contributed by atoms with Crippen LogP contribution in [0.4, 0.5) is 5.69 Å². The van der Waals surface area contributed by atoms with Gasteiger partial charge < -0.3 is 5.32 Å². The zero-order chi connectivity index (χ0) is 16.8. The van der Waals surface area contributed by atoms with Gasteiger partial charge in [0.25, 0.3) is 0 Å². The molecule has 0 atom stereocenters. The summed E-state index contributed by atoms with van der Waals surface area (Å²) in [6.07, 6.45) is 5.18. The van der Waals surface area contributed by atoms with Gasteiger partial charge in [-0.3, -0.25) is 4.98 Å². The van der Waals surface area contributed by atoms with Gasteiger partial charge in [-0.1, -0.05) is 41.9 Å². The predicted octanol–water partition coefficient (Wildman–Crippen LogP) is 6.26. The van der Waals surface area contributed by atoms with E-state index in [2.05, 4.69) is 47.8 Å². The van der Waals surface area contributed by atoms with Gasteiger partial charge in [0.15, 0.2) is 0 Å². The molecule has 3 heteroatoms. The van der Waals surface area contributed by atoms with Crippen molar-refractivity contribution in [3.05, 3.63) is 70.4 Å². The molecule has 0 spiro atoms. The van der Waals surface area contributed by atoms with Crippen LogP contribution in [0, 0.1) is 0 Å². The number of hydrogen-bond acceptors (Lipinski definition) is 2. The minimum atomic E-state index is 0.636. The second kappa shape index (κ2) is 6.03. The van der Waals surface area contributed by atoms with E-state index in [-0.39, 0.29) is 0 Å². The van der Waals surface area contributed by atoms with Gasteiger partial charge in [0, 0.05) is 39.8 Å². The predicted molar refractivity (Wildman–Crippen MR) is 104 cm³/mol. The summed E-state index contributed by atoms with van der Waals surface area (Å²) >= 11 is 6.31. The lowest BCUT2D eigenvalue weighted by atomic mass is 9.68. The first-order valence-electron chi connectivity index (χ1n) is 9.20. The van der Waals surface area contributed by atoms with Crippen molar-refractivity contribution in [2.24, 2.45) is 0 Å². The Morgan fingerprint density at radius 1 is 0.960 bits per heavy atom. The molecular formula is C22H21ClN2. The molecule has 0 aliphatic heterocycles. The molecule has 1 fully saturated rings. The van der Waals surface area contributed by atoms with Gasteiger partial charge in [0.1, 0.15) is 0 Å². The van der Waals surface area contributed by atoms with Crippen LogP contribution < -0.4 is 5.32 Å². The van der Waals surface area contributed by atoms with Gasteiger partial charge in [-0.15, -0.1) is 0 Å². The van der Waals surface area contributed by atoms with Gasteiger partial charge in [-0.2, -0.15) is 0 Å². The molecule has 25 heavy (non-hydrogen) atoms. The molecule has 6 rings (SSSR count). The summed E-state index contributed by atoms with van der Waals surface area (Å²) in [6, 6.07) is 16.7. The summed E-state index contributed by atoms with van der Waals surface area (Å²) in [7, 11) is 0. The third-order valence-electron chi connectivity index (χ3n) is 5.85. The van der Waals surface area contributed by atoms with Crippen LogP contribution in [0.1, 0.15) is 54.3 Å². The fraction of sp³-hybridized carbons (Fsp3) is 0.318. The highest BCUT2D eigenvalue weighted by Crippen LogP contribution is 2.52.